The van der Waals surface area contributed by atoms with Gasteiger partial charge in [0.25, 0.3) is 0 Å². The summed E-state index contributed by atoms with van der Waals surface area (Å²) in [7, 11) is 0. The van der Waals surface area contributed by atoms with E-state index < -0.39 is 0 Å². The minimum absolute atomic E-state index is 0.644. The van der Waals surface area contributed by atoms with Crippen LogP contribution in [0, 0.1) is 0 Å². The molecule has 0 aliphatic heterocycles. The second-order valence-electron chi connectivity index (χ2n) is 4.00. The van der Waals surface area contributed by atoms with E-state index in [-0.39, 0.29) is 0 Å². The summed E-state index contributed by atoms with van der Waals surface area (Å²) < 4.78 is 0. The summed E-state index contributed by atoms with van der Waals surface area (Å²) in [5, 5.41) is 3.58. The third-order valence-corrected chi connectivity index (χ3v) is 4.45. The van der Waals surface area contributed by atoms with Crippen LogP contribution in [-0.2, 0) is 0 Å². The predicted molar refractivity (Wildman–Crippen MR) is 82.2 cm³/mol. The zero-order valence-electron chi connectivity index (χ0n) is 10.8. The summed E-state index contributed by atoms with van der Waals surface area (Å²) in [5.74, 6) is 3.66. The topological polar surface area (TPSA) is 12.0 Å². The van der Waals surface area contributed by atoms with Crippen LogP contribution in [0.2, 0.25) is 0 Å². The summed E-state index contributed by atoms with van der Waals surface area (Å²) in [5.41, 5.74) is 0. The van der Waals surface area contributed by atoms with E-state index in [1.54, 1.807) is 0 Å². The Morgan fingerprint density at radius 2 is 1.94 bits per heavy atom. The van der Waals surface area contributed by atoms with Gasteiger partial charge in [-0.05, 0) is 37.0 Å². The van der Waals surface area contributed by atoms with Crippen molar-refractivity contribution in [3.63, 3.8) is 0 Å². The molecule has 1 unspecified atom stereocenters. The molecule has 0 bridgehead atoms. The maximum Gasteiger partial charge on any atom is 0.0106 e. The number of hydrogen-bond acceptors (Lipinski definition) is 3. The van der Waals surface area contributed by atoms with Crippen molar-refractivity contribution in [1.29, 1.82) is 0 Å². The normalized spacial score (nSPS) is 12.6. The Kier molecular flexibility index (Phi) is 8.67. The Hall–Kier alpha value is -0.120. The van der Waals surface area contributed by atoms with Gasteiger partial charge in [-0.25, -0.2) is 0 Å². The lowest BCUT2D eigenvalue weighted by atomic mass is 10.3. The average molecular weight is 269 g/mol. The highest BCUT2D eigenvalue weighted by atomic mass is 32.2. The SMILES string of the molecule is CCSCCC(C)NCCSc1ccccc1. The first-order valence-electron chi connectivity index (χ1n) is 6.32. The van der Waals surface area contributed by atoms with Crippen LogP contribution in [0.25, 0.3) is 0 Å². The van der Waals surface area contributed by atoms with E-state index in [0.717, 1.165) is 12.3 Å². The van der Waals surface area contributed by atoms with Crippen molar-refractivity contribution >= 4 is 23.5 Å². The molecule has 0 aromatic heterocycles. The number of nitrogens with one attached hydrogen (secondary N) is 1. The molecule has 0 saturated carbocycles. The summed E-state index contributed by atoms with van der Waals surface area (Å²) in [6, 6.07) is 11.2. The number of thioether (sulfide) groups is 2. The quantitative estimate of drug-likeness (QED) is 0.539. The third kappa shape index (κ3) is 7.74. The fourth-order valence-corrected chi connectivity index (χ4v) is 3.11. The van der Waals surface area contributed by atoms with Gasteiger partial charge in [0.15, 0.2) is 0 Å². The molecule has 0 aliphatic carbocycles. The van der Waals surface area contributed by atoms with Gasteiger partial charge in [-0.2, -0.15) is 11.8 Å². The van der Waals surface area contributed by atoms with E-state index in [1.165, 1.54) is 22.8 Å². The first-order chi connectivity index (χ1) is 8.33. The average Bonchev–Trinajstić information content (AvgIpc) is 2.36. The molecular formula is C14H23NS2. The molecule has 0 saturated heterocycles. The molecule has 0 heterocycles. The lowest BCUT2D eigenvalue weighted by Crippen LogP contribution is -2.28. The molecule has 3 heteroatoms. The van der Waals surface area contributed by atoms with Crippen LogP contribution in [0.5, 0.6) is 0 Å². The second-order valence-corrected chi connectivity index (χ2v) is 6.56. The van der Waals surface area contributed by atoms with E-state index in [9.17, 15) is 0 Å². The van der Waals surface area contributed by atoms with Crippen molar-refractivity contribution in [1.82, 2.24) is 5.32 Å². The van der Waals surface area contributed by atoms with Gasteiger partial charge in [0.2, 0.25) is 0 Å². The number of rotatable bonds is 9. The van der Waals surface area contributed by atoms with Gasteiger partial charge in [0, 0.05) is 23.2 Å². The maximum absolute atomic E-state index is 3.58. The summed E-state index contributed by atoms with van der Waals surface area (Å²) in [6.07, 6.45) is 1.27. The zero-order valence-corrected chi connectivity index (χ0v) is 12.4. The molecule has 1 aromatic rings. The number of hydrogen-bond donors (Lipinski definition) is 1. The van der Waals surface area contributed by atoms with Crippen molar-refractivity contribution in [2.75, 3.05) is 23.8 Å². The standard InChI is InChI=1S/C14H23NS2/c1-3-16-11-9-13(2)15-10-12-17-14-7-5-4-6-8-14/h4-8,13,15H,3,9-12H2,1-2H3. The van der Waals surface area contributed by atoms with E-state index >= 15 is 0 Å². The van der Waals surface area contributed by atoms with Crippen LogP contribution in [0.4, 0.5) is 0 Å². The van der Waals surface area contributed by atoms with Gasteiger partial charge in [0.05, 0.1) is 0 Å². The van der Waals surface area contributed by atoms with Crippen molar-refractivity contribution in [3.8, 4) is 0 Å². The summed E-state index contributed by atoms with van der Waals surface area (Å²) in [4.78, 5) is 1.36. The highest BCUT2D eigenvalue weighted by Gasteiger charge is 2.00. The Labute approximate surface area is 114 Å². The van der Waals surface area contributed by atoms with Crippen LogP contribution in [0.1, 0.15) is 20.3 Å². The third-order valence-electron chi connectivity index (χ3n) is 2.51. The lowest BCUT2D eigenvalue weighted by molar-refractivity contribution is 0.559. The van der Waals surface area contributed by atoms with Gasteiger partial charge < -0.3 is 5.32 Å². The molecule has 1 rings (SSSR count). The molecule has 0 fully saturated rings. The van der Waals surface area contributed by atoms with Gasteiger partial charge in [-0.15, -0.1) is 11.8 Å². The van der Waals surface area contributed by atoms with Gasteiger partial charge >= 0.3 is 0 Å². The van der Waals surface area contributed by atoms with Crippen molar-refractivity contribution < 1.29 is 0 Å². The number of benzene rings is 1. The highest BCUT2D eigenvalue weighted by Crippen LogP contribution is 2.15. The lowest BCUT2D eigenvalue weighted by Gasteiger charge is -2.12. The van der Waals surface area contributed by atoms with E-state index in [2.05, 4.69) is 49.5 Å². The molecule has 17 heavy (non-hydrogen) atoms. The molecule has 1 N–H and O–H groups in total. The van der Waals surface area contributed by atoms with E-state index in [1.807, 2.05) is 23.5 Å². The fraction of sp³-hybridized carbons (Fsp3) is 0.571. The summed E-state index contributed by atoms with van der Waals surface area (Å²) in [6.45, 7) is 5.60. The van der Waals surface area contributed by atoms with Crippen molar-refractivity contribution in [2.24, 2.45) is 0 Å². The van der Waals surface area contributed by atoms with E-state index in [4.69, 9.17) is 0 Å². The highest BCUT2D eigenvalue weighted by molar-refractivity contribution is 7.99. The molecule has 0 aliphatic rings. The predicted octanol–water partition coefficient (Wildman–Crippen LogP) is 3.90. The fourth-order valence-electron chi connectivity index (χ4n) is 1.50. The zero-order chi connectivity index (χ0) is 12.3. The smallest absolute Gasteiger partial charge is 0.0106 e. The second kappa shape index (κ2) is 9.86. The van der Waals surface area contributed by atoms with Crippen LogP contribution in [0.3, 0.4) is 0 Å². The molecule has 96 valence electrons. The minimum Gasteiger partial charge on any atom is -0.313 e. The minimum atomic E-state index is 0.644. The van der Waals surface area contributed by atoms with Gasteiger partial charge in [-0.3, -0.25) is 0 Å². The summed E-state index contributed by atoms with van der Waals surface area (Å²) >= 11 is 3.95. The Balaban J connectivity index is 2.00. The largest absolute Gasteiger partial charge is 0.313 e. The Bertz CT molecular complexity index is 277. The molecule has 0 amide bonds. The van der Waals surface area contributed by atoms with Crippen LogP contribution >= 0.6 is 23.5 Å². The van der Waals surface area contributed by atoms with Gasteiger partial charge in [-0.1, -0.05) is 25.1 Å². The monoisotopic (exact) mass is 269 g/mol. The molecule has 1 aromatic carbocycles. The first kappa shape index (κ1) is 14.9. The van der Waals surface area contributed by atoms with Crippen LogP contribution in [0.15, 0.2) is 35.2 Å². The molecular weight excluding hydrogens is 246 g/mol. The van der Waals surface area contributed by atoms with Gasteiger partial charge in [0.1, 0.15) is 0 Å². The molecule has 0 spiro atoms. The van der Waals surface area contributed by atoms with Crippen molar-refractivity contribution in [2.45, 2.75) is 31.2 Å². The van der Waals surface area contributed by atoms with Crippen LogP contribution < -0.4 is 5.32 Å². The first-order valence-corrected chi connectivity index (χ1v) is 8.46. The Morgan fingerprint density at radius 3 is 2.65 bits per heavy atom. The maximum atomic E-state index is 3.58. The van der Waals surface area contributed by atoms with Crippen LogP contribution in [-0.4, -0.2) is 29.8 Å². The molecule has 1 atom stereocenters. The molecule has 0 radical (unpaired) electrons. The van der Waals surface area contributed by atoms with Crippen molar-refractivity contribution in [3.05, 3.63) is 30.3 Å². The Morgan fingerprint density at radius 1 is 1.18 bits per heavy atom. The molecule has 1 nitrogen and oxygen atoms in total. The van der Waals surface area contributed by atoms with E-state index in [0.29, 0.717) is 6.04 Å².